The van der Waals surface area contributed by atoms with Gasteiger partial charge < -0.3 is 15.7 Å². The maximum Gasteiger partial charge on any atom is 0.327 e. The van der Waals surface area contributed by atoms with E-state index in [-0.39, 0.29) is 17.4 Å². The molecule has 38 heavy (non-hydrogen) atoms. The van der Waals surface area contributed by atoms with Gasteiger partial charge in [-0.2, -0.15) is 0 Å². The van der Waals surface area contributed by atoms with E-state index in [1.807, 2.05) is 13.0 Å². The Morgan fingerprint density at radius 3 is 2.26 bits per heavy atom. The lowest BCUT2D eigenvalue weighted by Crippen LogP contribution is -2.55. The summed E-state index contributed by atoms with van der Waals surface area (Å²) in [6, 6.07) is 12.1. The molecular weight excluding hydrogens is 482 g/mol. The molecule has 0 bridgehead atoms. The molecule has 1 aliphatic rings. The predicted molar refractivity (Wildman–Crippen MR) is 148 cm³/mol. The van der Waals surface area contributed by atoms with Crippen molar-refractivity contribution >= 4 is 35.1 Å². The minimum Gasteiger partial charge on any atom is -0.480 e. The van der Waals surface area contributed by atoms with Crippen LogP contribution in [0.5, 0.6) is 0 Å². The number of hydrogen-bond donors (Lipinski definition) is 3. The van der Waals surface area contributed by atoms with E-state index in [2.05, 4.69) is 17.6 Å². The van der Waals surface area contributed by atoms with Gasteiger partial charge in [0.25, 0.3) is 0 Å². The zero-order valence-electron chi connectivity index (χ0n) is 22.9. The number of Topliss-reactive ketones (excluding diaryl/α,β-unsaturated/α-hetero) is 1. The first-order valence-electron chi connectivity index (χ1n) is 13.2. The highest BCUT2D eigenvalue weighted by molar-refractivity contribution is 6.09. The lowest BCUT2D eigenvalue weighted by atomic mass is 9.79. The van der Waals surface area contributed by atoms with Gasteiger partial charge in [-0.3, -0.25) is 14.5 Å². The molecule has 0 spiro atoms. The number of aryl methyl sites for hydroxylation is 1. The Morgan fingerprint density at radius 1 is 1.00 bits per heavy atom. The topological polar surface area (TPSA) is 116 Å². The quantitative estimate of drug-likeness (QED) is 0.388. The van der Waals surface area contributed by atoms with E-state index < -0.39 is 35.9 Å². The molecule has 0 saturated heterocycles. The van der Waals surface area contributed by atoms with Crippen LogP contribution in [0, 0.1) is 24.2 Å². The molecule has 0 aliphatic heterocycles. The zero-order valence-corrected chi connectivity index (χ0v) is 22.9. The third-order valence-electron chi connectivity index (χ3n) is 7.07. The fourth-order valence-electron chi connectivity index (χ4n) is 5.06. The normalized spacial score (nSPS) is 18.2. The van der Waals surface area contributed by atoms with E-state index in [1.165, 1.54) is 4.90 Å². The average molecular weight is 522 g/mol. The summed E-state index contributed by atoms with van der Waals surface area (Å²) in [6.45, 7) is 8.83. The highest BCUT2D eigenvalue weighted by Gasteiger charge is 2.41. The average Bonchev–Trinajstić information content (AvgIpc) is 2.85. The second-order valence-corrected chi connectivity index (χ2v) is 11.4. The Morgan fingerprint density at radius 2 is 1.66 bits per heavy atom. The number of urea groups is 1. The minimum absolute atomic E-state index is 0.0755. The maximum atomic E-state index is 13.7. The van der Waals surface area contributed by atoms with Crippen LogP contribution >= 0.6 is 0 Å². The van der Waals surface area contributed by atoms with Gasteiger partial charge in [0.2, 0.25) is 5.91 Å². The molecule has 3 amide bonds. The van der Waals surface area contributed by atoms with E-state index >= 15 is 0 Å². The Hall–Kier alpha value is -3.68. The second-order valence-electron chi connectivity index (χ2n) is 11.4. The molecule has 3 rings (SSSR count). The van der Waals surface area contributed by atoms with Crippen LogP contribution in [0.1, 0.15) is 69.3 Å². The van der Waals surface area contributed by atoms with E-state index in [1.54, 1.807) is 63.2 Å². The number of carboxylic acid groups (broad SMARTS) is 1. The molecule has 8 nitrogen and oxygen atoms in total. The van der Waals surface area contributed by atoms with E-state index in [9.17, 15) is 24.3 Å². The molecule has 1 aliphatic carbocycles. The number of carboxylic acids is 1. The number of benzene rings is 2. The van der Waals surface area contributed by atoms with Crippen molar-refractivity contribution in [3.63, 3.8) is 0 Å². The van der Waals surface area contributed by atoms with E-state index in [0.29, 0.717) is 17.2 Å². The molecule has 2 aromatic carbocycles. The highest BCUT2D eigenvalue weighted by atomic mass is 16.4. The SMILES string of the molecule is Cc1cccc(NC(=O)NCC(=O)N(c2ccccc2C(=O)[C@H]2CC[C@H](C)CC2)C(C(=O)O)C(C)(C)C)c1. The van der Waals surface area contributed by atoms with Crippen molar-refractivity contribution in [1.82, 2.24) is 5.32 Å². The third-order valence-corrected chi connectivity index (χ3v) is 7.07. The number of nitrogens with zero attached hydrogens (tertiary/aromatic N) is 1. The molecule has 8 heteroatoms. The van der Waals surface area contributed by atoms with Crippen molar-refractivity contribution in [2.75, 3.05) is 16.8 Å². The van der Waals surface area contributed by atoms with Gasteiger partial charge in [-0.1, -0.05) is 64.8 Å². The van der Waals surface area contributed by atoms with E-state index in [4.69, 9.17) is 0 Å². The van der Waals surface area contributed by atoms with E-state index in [0.717, 1.165) is 31.2 Å². The van der Waals surface area contributed by atoms with Crippen molar-refractivity contribution in [1.29, 1.82) is 0 Å². The van der Waals surface area contributed by atoms with Crippen LogP contribution in [0.3, 0.4) is 0 Å². The standard InChI is InChI=1S/C30H39N3O5/c1-19-13-15-21(16-14-19)26(35)23-11-6-7-12-24(23)33(27(28(36)37)30(3,4)5)25(34)18-31-29(38)32-22-10-8-9-20(2)17-22/h6-12,17,19,21,27H,13-16,18H2,1-5H3,(H,36,37)(H2,31,32,38)/t19-,21-,27?. The molecular formula is C30H39N3O5. The Balaban J connectivity index is 1.91. The summed E-state index contributed by atoms with van der Waals surface area (Å²) in [5, 5.41) is 15.4. The van der Waals surface area contributed by atoms with Gasteiger partial charge in [0.05, 0.1) is 12.2 Å². The lowest BCUT2D eigenvalue weighted by molar-refractivity contribution is -0.142. The largest absolute Gasteiger partial charge is 0.480 e. The number of nitrogens with one attached hydrogen (secondary N) is 2. The van der Waals surface area contributed by atoms with Crippen LogP contribution in [-0.4, -0.2) is 41.4 Å². The number of ketones is 1. The summed E-state index contributed by atoms with van der Waals surface area (Å²) in [6.07, 6.45) is 3.46. The van der Waals surface area contributed by atoms with Gasteiger partial charge in [-0.15, -0.1) is 0 Å². The summed E-state index contributed by atoms with van der Waals surface area (Å²) < 4.78 is 0. The molecule has 1 unspecified atom stereocenters. The van der Waals surface area contributed by atoms with Crippen molar-refractivity contribution in [2.24, 2.45) is 17.3 Å². The maximum absolute atomic E-state index is 13.7. The van der Waals surface area contributed by atoms with Crippen LogP contribution in [-0.2, 0) is 9.59 Å². The number of carbonyl (C=O) groups excluding carboxylic acids is 3. The third kappa shape index (κ3) is 7.21. The van der Waals surface area contributed by atoms with Crippen molar-refractivity contribution < 1.29 is 24.3 Å². The van der Waals surface area contributed by atoms with Gasteiger partial charge >= 0.3 is 12.0 Å². The number of amides is 3. The summed E-state index contributed by atoms with van der Waals surface area (Å²) in [4.78, 5) is 53.5. The molecule has 204 valence electrons. The number of aliphatic carboxylic acids is 1. The van der Waals surface area contributed by atoms with Gasteiger partial charge in [0.1, 0.15) is 6.04 Å². The lowest BCUT2D eigenvalue weighted by Gasteiger charge is -2.38. The highest BCUT2D eigenvalue weighted by Crippen LogP contribution is 2.36. The number of para-hydroxylation sites is 1. The Bertz CT molecular complexity index is 1180. The van der Waals surface area contributed by atoms with Crippen molar-refractivity contribution in [3.8, 4) is 0 Å². The first-order chi connectivity index (χ1) is 17.9. The Labute approximate surface area is 224 Å². The molecule has 1 atom stereocenters. The van der Waals surface area contributed by atoms with Crippen LogP contribution < -0.4 is 15.5 Å². The number of hydrogen-bond acceptors (Lipinski definition) is 4. The van der Waals surface area contributed by atoms with Crippen LogP contribution in [0.4, 0.5) is 16.2 Å². The van der Waals surface area contributed by atoms with Crippen LogP contribution in [0.2, 0.25) is 0 Å². The van der Waals surface area contributed by atoms with Crippen molar-refractivity contribution in [3.05, 3.63) is 59.7 Å². The molecule has 3 N–H and O–H groups in total. The zero-order chi connectivity index (χ0) is 28.0. The van der Waals surface area contributed by atoms with Gasteiger partial charge in [0, 0.05) is 17.2 Å². The first-order valence-corrected chi connectivity index (χ1v) is 13.2. The first kappa shape index (κ1) is 28.9. The molecule has 0 heterocycles. The second kappa shape index (κ2) is 12.2. The van der Waals surface area contributed by atoms with Crippen molar-refractivity contribution in [2.45, 2.75) is 66.3 Å². The van der Waals surface area contributed by atoms with Gasteiger partial charge in [0.15, 0.2) is 5.78 Å². The molecule has 1 fully saturated rings. The van der Waals surface area contributed by atoms with Crippen LogP contribution in [0.15, 0.2) is 48.5 Å². The molecule has 0 aromatic heterocycles. The fraction of sp³-hybridized carbons (Fsp3) is 0.467. The summed E-state index contributed by atoms with van der Waals surface area (Å²) >= 11 is 0. The summed E-state index contributed by atoms with van der Waals surface area (Å²) in [7, 11) is 0. The number of anilines is 2. The summed E-state index contributed by atoms with van der Waals surface area (Å²) in [5.74, 6) is -1.48. The molecule has 0 radical (unpaired) electrons. The van der Waals surface area contributed by atoms with Gasteiger partial charge in [-0.25, -0.2) is 9.59 Å². The number of carbonyl (C=O) groups is 4. The predicted octanol–water partition coefficient (Wildman–Crippen LogP) is 5.66. The molecule has 2 aromatic rings. The molecule has 1 saturated carbocycles. The van der Waals surface area contributed by atoms with Gasteiger partial charge in [-0.05, 0) is 60.9 Å². The minimum atomic E-state index is -1.27. The summed E-state index contributed by atoms with van der Waals surface area (Å²) in [5.41, 5.74) is 1.27. The fourth-order valence-corrected chi connectivity index (χ4v) is 5.06. The van der Waals surface area contributed by atoms with Crippen LogP contribution in [0.25, 0.3) is 0 Å². The Kier molecular flexibility index (Phi) is 9.31. The monoisotopic (exact) mass is 521 g/mol. The number of rotatable bonds is 8. The smallest absolute Gasteiger partial charge is 0.327 e.